The molecule has 0 bridgehead atoms. The largest absolute Gasteiger partial charge is 0.493 e. The van der Waals surface area contributed by atoms with Gasteiger partial charge in [0.2, 0.25) is 5.75 Å². The van der Waals surface area contributed by atoms with Crippen molar-refractivity contribution in [3.8, 4) is 45.6 Å². The predicted octanol–water partition coefficient (Wildman–Crippen LogP) is 22.9. The average molecular weight is 1180 g/mol. The van der Waals surface area contributed by atoms with Crippen LogP contribution in [0.4, 0.5) is 5.69 Å². The molecule has 0 radical (unpaired) electrons. The molecule has 11 heteroatoms. The van der Waals surface area contributed by atoms with Crippen molar-refractivity contribution in [2.45, 2.75) is 285 Å². The number of carbonyl (C=O) groups is 2. The number of nitrogens with zero attached hydrogens (tertiary/aromatic N) is 1. The van der Waals surface area contributed by atoms with Gasteiger partial charge in [-0.1, -0.05) is 277 Å². The van der Waals surface area contributed by atoms with Crippen molar-refractivity contribution in [1.29, 1.82) is 0 Å². The van der Waals surface area contributed by atoms with Gasteiger partial charge in [0.15, 0.2) is 0 Å². The molecule has 11 nitrogen and oxygen atoms in total. The van der Waals surface area contributed by atoms with Crippen LogP contribution in [0.2, 0.25) is 0 Å². The van der Waals surface area contributed by atoms with Crippen molar-refractivity contribution in [2.24, 2.45) is 0 Å². The Labute approximate surface area is 515 Å². The van der Waals surface area contributed by atoms with Gasteiger partial charge >= 0.3 is 17.6 Å². The van der Waals surface area contributed by atoms with E-state index in [9.17, 15) is 19.7 Å². The normalized spacial score (nSPS) is 11.2. The first-order valence-electron chi connectivity index (χ1n) is 34.4. The van der Waals surface area contributed by atoms with Gasteiger partial charge in [-0.05, 0) is 79.3 Å². The fraction of sp³-hybridized carbons (Fsp3) is 0.649. The second-order valence-electron chi connectivity index (χ2n) is 23.8. The van der Waals surface area contributed by atoms with E-state index < -0.39 is 16.9 Å². The van der Waals surface area contributed by atoms with Crippen LogP contribution in [-0.4, -0.2) is 43.3 Å². The molecule has 0 saturated carbocycles. The summed E-state index contributed by atoms with van der Waals surface area (Å²) in [5, 5.41) is 12.6. The lowest BCUT2D eigenvalue weighted by Crippen LogP contribution is -2.11. The third-order valence-electron chi connectivity index (χ3n) is 16.1. The van der Waals surface area contributed by atoms with Crippen LogP contribution in [0.5, 0.6) is 34.5 Å². The van der Waals surface area contributed by atoms with Gasteiger partial charge in [0.25, 0.3) is 0 Å². The van der Waals surface area contributed by atoms with Gasteiger partial charge in [-0.15, -0.1) is 0 Å². The molecule has 0 heterocycles. The lowest BCUT2D eigenvalue weighted by molar-refractivity contribution is -0.385. The van der Waals surface area contributed by atoms with Crippen molar-refractivity contribution in [1.82, 2.24) is 0 Å². The minimum atomic E-state index is -0.755. The molecular weight excluding hydrogens is 1060 g/mol. The highest BCUT2D eigenvalue weighted by atomic mass is 16.6. The molecule has 4 rings (SSSR count). The Hall–Kier alpha value is -5.58. The molecule has 0 atom stereocenters. The van der Waals surface area contributed by atoms with Gasteiger partial charge in [-0.3, -0.25) is 10.1 Å². The summed E-state index contributed by atoms with van der Waals surface area (Å²) in [7, 11) is 0. The summed E-state index contributed by atoms with van der Waals surface area (Å²) in [4.78, 5) is 39.7. The number of hydrogen-bond donors (Lipinski definition) is 0. The Kier molecular flexibility index (Phi) is 40.2. The second-order valence-corrected chi connectivity index (χ2v) is 23.8. The van der Waals surface area contributed by atoms with Crippen LogP contribution in [0.15, 0.2) is 78.9 Å². The van der Waals surface area contributed by atoms with Crippen molar-refractivity contribution in [2.75, 3.05) is 26.4 Å². The molecule has 0 fully saturated rings. The van der Waals surface area contributed by atoms with Gasteiger partial charge in [-0.25, -0.2) is 9.59 Å². The van der Waals surface area contributed by atoms with Crippen LogP contribution < -0.4 is 28.4 Å². The number of carbonyl (C=O) groups excluding carboxylic acids is 2. The van der Waals surface area contributed by atoms with Crippen LogP contribution in [0.25, 0.3) is 11.1 Å². The van der Waals surface area contributed by atoms with Crippen molar-refractivity contribution in [3.63, 3.8) is 0 Å². The molecular formula is C74H113NO10. The van der Waals surface area contributed by atoms with Gasteiger partial charge in [0.05, 0.1) is 42.5 Å². The zero-order valence-electron chi connectivity index (χ0n) is 53.6. The lowest BCUT2D eigenvalue weighted by Gasteiger charge is -2.13. The Morgan fingerprint density at radius 2 is 0.588 bits per heavy atom. The molecule has 0 aromatic heterocycles. The summed E-state index contributed by atoms with van der Waals surface area (Å²) in [6.07, 6.45) is 49.0. The van der Waals surface area contributed by atoms with E-state index in [1.807, 2.05) is 12.1 Å². The smallest absolute Gasteiger partial charge is 0.344 e. The Bertz CT molecular complexity index is 2280. The van der Waals surface area contributed by atoms with Crippen LogP contribution in [0.3, 0.4) is 0 Å². The maximum absolute atomic E-state index is 13.9. The minimum absolute atomic E-state index is 0.179. The topological polar surface area (TPSA) is 133 Å². The zero-order chi connectivity index (χ0) is 60.6. The van der Waals surface area contributed by atoms with E-state index in [0.29, 0.717) is 71.9 Å². The third-order valence-corrected chi connectivity index (χ3v) is 16.1. The van der Waals surface area contributed by atoms with Crippen LogP contribution in [-0.2, 0) is 0 Å². The number of hydrogen-bond acceptors (Lipinski definition) is 10. The maximum atomic E-state index is 13.9. The highest BCUT2D eigenvalue weighted by molar-refractivity contribution is 5.93. The van der Waals surface area contributed by atoms with E-state index in [0.717, 1.165) is 64.2 Å². The molecule has 0 amide bonds. The average Bonchev–Trinajstić information content (AvgIpc) is 3.67. The SMILES string of the molecule is CCCCCCCCCCCCOc1cc(OCCCCCCCCCCCC)cc(C(=O)Oc2ccc(-c3ccc(OC(=O)c4cc(OCCCCCCCCCCCC)cc(OCCCCCCCCCCCC)c4)c([N+](=O)[O-])c3)cc2)c1. The molecule has 0 saturated heterocycles. The molecule has 85 heavy (non-hydrogen) atoms. The van der Waals surface area contributed by atoms with E-state index in [1.165, 1.54) is 205 Å². The fourth-order valence-electron chi connectivity index (χ4n) is 10.8. The molecule has 0 aliphatic carbocycles. The van der Waals surface area contributed by atoms with Crippen molar-refractivity contribution >= 4 is 17.6 Å². The number of esters is 2. The van der Waals surface area contributed by atoms with Crippen molar-refractivity contribution in [3.05, 3.63) is 100 Å². The molecule has 4 aromatic rings. The first-order valence-corrected chi connectivity index (χ1v) is 34.4. The number of rotatable bonds is 54. The Balaban J connectivity index is 1.38. The minimum Gasteiger partial charge on any atom is -0.493 e. The highest BCUT2D eigenvalue weighted by Crippen LogP contribution is 2.35. The summed E-state index contributed by atoms with van der Waals surface area (Å²) in [6.45, 7) is 11.1. The molecule has 0 spiro atoms. The van der Waals surface area contributed by atoms with E-state index in [4.69, 9.17) is 28.4 Å². The molecule has 0 aliphatic rings. The van der Waals surface area contributed by atoms with E-state index in [-0.39, 0.29) is 17.0 Å². The predicted molar refractivity (Wildman–Crippen MR) is 351 cm³/mol. The lowest BCUT2D eigenvalue weighted by atomic mass is 10.0. The Morgan fingerprint density at radius 1 is 0.318 bits per heavy atom. The molecule has 0 aliphatic heterocycles. The fourth-order valence-corrected chi connectivity index (χ4v) is 10.8. The highest BCUT2D eigenvalue weighted by Gasteiger charge is 2.22. The molecule has 474 valence electrons. The quantitative estimate of drug-likeness (QED) is 0.0138. The monoisotopic (exact) mass is 1180 g/mol. The summed E-state index contributed by atoms with van der Waals surface area (Å²) in [6, 6.07) is 21.6. The van der Waals surface area contributed by atoms with Gasteiger partial charge in [0, 0.05) is 18.2 Å². The van der Waals surface area contributed by atoms with Crippen molar-refractivity contribution < 1.29 is 42.9 Å². The summed E-state index contributed by atoms with van der Waals surface area (Å²) < 4.78 is 36.5. The van der Waals surface area contributed by atoms with E-state index in [2.05, 4.69) is 27.7 Å². The maximum Gasteiger partial charge on any atom is 0.344 e. The number of ether oxygens (including phenoxy) is 6. The number of nitro groups is 1. The first kappa shape index (κ1) is 71.9. The van der Waals surface area contributed by atoms with Crippen LogP contribution in [0, 0.1) is 10.1 Å². The van der Waals surface area contributed by atoms with Gasteiger partial charge in [0.1, 0.15) is 28.7 Å². The molecule has 0 N–H and O–H groups in total. The molecule has 0 unspecified atom stereocenters. The van der Waals surface area contributed by atoms with Crippen LogP contribution >= 0.6 is 0 Å². The summed E-state index contributed by atoms with van der Waals surface area (Å²) >= 11 is 0. The first-order chi connectivity index (χ1) is 41.7. The summed E-state index contributed by atoms with van der Waals surface area (Å²) in [5.74, 6) is 0.939. The number of benzene rings is 4. The Morgan fingerprint density at radius 3 is 0.882 bits per heavy atom. The second kappa shape index (κ2) is 47.6. The zero-order valence-corrected chi connectivity index (χ0v) is 53.6. The standard InChI is InChI=1S/C74H113NO10/c1-5-9-13-17-21-25-29-33-37-41-51-80-67-55-64(56-68(60-67)81-52-42-38-34-30-26-22-18-14-10-6-2)73(76)84-66-48-45-62(46-49-66)63-47-50-72(71(59-63)75(78)79)85-74(77)65-57-69(82-53-43-39-35-31-27-23-19-15-11-7-3)61-70(58-65)83-54-44-40-36-32-28-24-20-16-12-8-4/h45-50,55-61H,5-44,51-54H2,1-4H3. The van der Waals surface area contributed by atoms with E-state index >= 15 is 0 Å². The van der Waals surface area contributed by atoms with Gasteiger partial charge in [-0.2, -0.15) is 0 Å². The van der Waals surface area contributed by atoms with E-state index in [1.54, 1.807) is 54.6 Å². The number of unbranched alkanes of at least 4 members (excludes halogenated alkanes) is 36. The third kappa shape index (κ3) is 33.2. The van der Waals surface area contributed by atoms with Gasteiger partial charge < -0.3 is 28.4 Å². The number of nitro benzene ring substituents is 1. The summed E-state index contributed by atoms with van der Waals surface area (Å²) in [5.41, 5.74) is 1.29. The molecule has 4 aromatic carbocycles. The van der Waals surface area contributed by atoms with Crippen LogP contribution in [0.1, 0.15) is 305 Å².